The van der Waals surface area contributed by atoms with Crippen molar-refractivity contribution in [2.45, 2.75) is 6.54 Å². The lowest BCUT2D eigenvalue weighted by molar-refractivity contribution is -0.384. The lowest BCUT2D eigenvalue weighted by atomic mass is 10.0. The van der Waals surface area contributed by atoms with E-state index in [1.54, 1.807) is 18.2 Å². The molecule has 0 atom stereocenters. The van der Waals surface area contributed by atoms with Crippen LogP contribution in [0.15, 0.2) is 60.7 Å². The van der Waals surface area contributed by atoms with Crippen LogP contribution < -0.4 is 4.90 Å². The molecule has 0 amide bonds. The molecule has 0 bridgehead atoms. The van der Waals surface area contributed by atoms with Gasteiger partial charge in [0.05, 0.1) is 4.92 Å². The summed E-state index contributed by atoms with van der Waals surface area (Å²) in [7, 11) is 0. The van der Waals surface area contributed by atoms with Crippen molar-refractivity contribution in [3.8, 4) is 5.75 Å². The zero-order valence-electron chi connectivity index (χ0n) is 14.9. The lowest BCUT2D eigenvalue weighted by Gasteiger charge is -2.36. The third-order valence-electron chi connectivity index (χ3n) is 5.20. The molecule has 6 heteroatoms. The topological polar surface area (TPSA) is 69.9 Å². The van der Waals surface area contributed by atoms with Crippen molar-refractivity contribution in [2.24, 2.45) is 0 Å². The van der Waals surface area contributed by atoms with Gasteiger partial charge in [0.1, 0.15) is 5.75 Å². The molecule has 27 heavy (non-hydrogen) atoms. The number of aromatic hydroxyl groups is 1. The van der Waals surface area contributed by atoms with E-state index in [9.17, 15) is 15.2 Å². The summed E-state index contributed by atoms with van der Waals surface area (Å²) in [5, 5.41) is 23.4. The minimum atomic E-state index is -0.377. The van der Waals surface area contributed by atoms with E-state index < -0.39 is 0 Å². The van der Waals surface area contributed by atoms with Crippen molar-refractivity contribution in [3.63, 3.8) is 0 Å². The van der Waals surface area contributed by atoms with Crippen molar-refractivity contribution in [1.82, 2.24) is 4.90 Å². The van der Waals surface area contributed by atoms with Crippen LogP contribution in [0.5, 0.6) is 5.75 Å². The second-order valence-electron chi connectivity index (χ2n) is 6.82. The first kappa shape index (κ1) is 17.3. The molecule has 0 unspecified atom stereocenters. The quantitative estimate of drug-likeness (QED) is 0.564. The molecule has 1 aliphatic rings. The Hall–Kier alpha value is -3.12. The molecule has 138 valence electrons. The summed E-state index contributed by atoms with van der Waals surface area (Å²) in [5.74, 6) is 0.339. The average Bonchev–Trinajstić information content (AvgIpc) is 2.71. The van der Waals surface area contributed by atoms with Gasteiger partial charge >= 0.3 is 0 Å². The standard InChI is InChI=1S/C21H21N3O3/c25-21-10-5-16-3-1-2-4-19(16)20(21)15-22-11-13-23(14-12-22)17-6-8-18(9-7-17)24(26)27/h1-10,25H,11-15H2. The highest BCUT2D eigenvalue weighted by atomic mass is 16.6. The zero-order valence-corrected chi connectivity index (χ0v) is 14.9. The second-order valence-corrected chi connectivity index (χ2v) is 6.82. The van der Waals surface area contributed by atoms with Crippen LogP contribution in [0.4, 0.5) is 11.4 Å². The van der Waals surface area contributed by atoms with Crippen LogP contribution in [0, 0.1) is 10.1 Å². The predicted molar refractivity (Wildman–Crippen MR) is 106 cm³/mol. The zero-order chi connectivity index (χ0) is 18.8. The maximum absolute atomic E-state index is 10.8. The molecule has 0 aromatic heterocycles. The summed E-state index contributed by atoms with van der Waals surface area (Å²) >= 11 is 0. The van der Waals surface area contributed by atoms with Gasteiger partial charge in [-0.05, 0) is 29.0 Å². The Balaban J connectivity index is 1.44. The van der Waals surface area contributed by atoms with Crippen molar-refractivity contribution < 1.29 is 10.0 Å². The summed E-state index contributed by atoms with van der Waals surface area (Å²) in [6.45, 7) is 4.16. The number of nitro benzene ring substituents is 1. The highest BCUT2D eigenvalue weighted by molar-refractivity contribution is 5.87. The Kier molecular flexibility index (Phi) is 4.64. The van der Waals surface area contributed by atoms with E-state index in [1.165, 1.54) is 0 Å². The minimum absolute atomic E-state index is 0.115. The highest BCUT2D eigenvalue weighted by Crippen LogP contribution is 2.29. The van der Waals surface area contributed by atoms with Gasteiger partial charge in [-0.15, -0.1) is 0 Å². The largest absolute Gasteiger partial charge is 0.508 e. The van der Waals surface area contributed by atoms with E-state index in [-0.39, 0.29) is 10.6 Å². The van der Waals surface area contributed by atoms with Crippen LogP contribution in [-0.4, -0.2) is 41.1 Å². The maximum atomic E-state index is 10.8. The number of nitro groups is 1. The Morgan fingerprint density at radius 1 is 0.926 bits per heavy atom. The first-order chi connectivity index (χ1) is 13.1. The summed E-state index contributed by atoms with van der Waals surface area (Å²) in [5.41, 5.74) is 2.09. The molecular weight excluding hydrogens is 342 g/mol. The highest BCUT2D eigenvalue weighted by Gasteiger charge is 2.20. The van der Waals surface area contributed by atoms with Gasteiger partial charge in [0.25, 0.3) is 5.69 Å². The smallest absolute Gasteiger partial charge is 0.269 e. The molecule has 1 aliphatic heterocycles. The fraction of sp³-hybridized carbons (Fsp3) is 0.238. The Labute approximate surface area is 157 Å². The number of piperazine rings is 1. The minimum Gasteiger partial charge on any atom is -0.508 e. The van der Waals surface area contributed by atoms with Crippen LogP contribution in [0.25, 0.3) is 10.8 Å². The van der Waals surface area contributed by atoms with Gasteiger partial charge in [-0.2, -0.15) is 0 Å². The molecule has 0 spiro atoms. The van der Waals surface area contributed by atoms with Crippen LogP contribution in [-0.2, 0) is 6.54 Å². The van der Waals surface area contributed by atoms with Gasteiger partial charge in [0.15, 0.2) is 0 Å². The van der Waals surface area contributed by atoms with E-state index in [1.807, 2.05) is 30.3 Å². The number of phenolic OH excluding ortho intramolecular Hbond substituents is 1. The maximum Gasteiger partial charge on any atom is 0.269 e. The van der Waals surface area contributed by atoms with Gasteiger partial charge < -0.3 is 10.0 Å². The molecular formula is C21H21N3O3. The molecule has 1 heterocycles. The van der Waals surface area contributed by atoms with Gasteiger partial charge in [0, 0.05) is 56.1 Å². The lowest BCUT2D eigenvalue weighted by Crippen LogP contribution is -2.46. The Morgan fingerprint density at radius 3 is 2.33 bits per heavy atom. The molecule has 0 radical (unpaired) electrons. The van der Waals surface area contributed by atoms with E-state index in [4.69, 9.17) is 0 Å². The van der Waals surface area contributed by atoms with Crippen LogP contribution in [0.3, 0.4) is 0 Å². The third-order valence-corrected chi connectivity index (χ3v) is 5.20. The number of anilines is 1. The Bertz CT molecular complexity index is 964. The number of fused-ring (bicyclic) bond motifs is 1. The van der Waals surface area contributed by atoms with Gasteiger partial charge in [-0.1, -0.05) is 30.3 Å². The molecule has 4 rings (SSSR count). The number of hydrogen-bond donors (Lipinski definition) is 1. The molecule has 1 fully saturated rings. The fourth-order valence-electron chi connectivity index (χ4n) is 3.66. The van der Waals surface area contributed by atoms with Gasteiger partial charge in [-0.3, -0.25) is 15.0 Å². The summed E-state index contributed by atoms with van der Waals surface area (Å²) < 4.78 is 0. The molecule has 1 saturated heterocycles. The molecule has 6 nitrogen and oxygen atoms in total. The van der Waals surface area contributed by atoms with E-state index in [0.29, 0.717) is 12.3 Å². The summed E-state index contributed by atoms with van der Waals surface area (Å²) in [6, 6.07) is 18.6. The molecule has 3 aromatic rings. The number of benzene rings is 3. The van der Waals surface area contributed by atoms with E-state index in [0.717, 1.165) is 48.2 Å². The second kappa shape index (κ2) is 7.25. The fourth-order valence-corrected chi connectivity index (χ4v) is 3.66. The monoisotopic (exact) mass is 363 g/mol. The number of non-ortho nitro benzene ring substituents is 1. The first-order valence-electron chi connectivity index (χ1n) is 9.03. The molecule has 0 aliphatic carbocycles. The Morgan fingerprint density at radius 2 is 1.63 bits per heavy atom. The van der Waals surface area contributed by atoms with Crippen LogP contribution in [0.2, 0.25) is 0 Å². The SMILES string of the molecule is O=[N+]([O-])c1ccc(N2CCN(Cc3c(O)ccc4ccccc34)CC2)cc1. The van der Waals surface area contributed by atoms with Gasteiger partial charge in [0.2, 0.25) is 0 Å². The molecule has 1 N–H and O–H groups in total. The summed E-state index contributed by atoms with van der Waals surface area (Å²) in [4.78, 5) is 15.0. The average molecular weight is 363 g/mol. The van der Waals surface area contributed by atoms with Crippen molar-refractivity contribution in [2.75, 3.05) is 31.1 Å². The van der Waals surface area contributed by atoms with Gasteiger partial charge in [-0.25, -0.2) is 0 Å². The number of rotatable bonds is 4. The van der Waals surface area contributed by atoms with E-state index in [2.05, 4.69) is 21.9 Å². The normalized spacial score (nSPS) is 15.2. The predicted octanol–water partition coefficient (Wildman–Crippen LogP) is 3.78. The van der Waals surface area contributed by atoms with Crippen molar-refractivity contribution in [3.05, 3.63) is 76.3 Å². The van der Waals surface area contributed by atoms with Crippen LogP contribution >= 0.6 is 0 Å². The summed E-state index contributed by atoms with van der Waals surface area (Å²) in [6.07, 6.45) is 0. The molecule has 3 aromatic carbocycles. The number of nitrogens with zero attached hydrogens (tertiary/aromatic N) is 3. The van der Waals surface area contributed by atoms with Crippen LogP contribution in [0.1, 0.15) is 5.56 Å². The first-order valence-corrected chi connectivity index (χ1v) is 9.03. The van der Waals surface area contributed by atoms with Crippen molar-refractivity contribution in [1.29, 1.82) is 0 Å². The number of phenols is 1. The van der Waals surface area contributed by atoms with Crippen molar-refractivity contribution >= 4 is 22.1 Å². The third kappa shape index (κ3) is 3.57. The number of hydrogen-bond acceptors (Lipinski definition) is 5. The van der Waals surface area contributed by atoms with E-state index >= 15 is 0 Å². The molecule has 0 saturated carbocycles.